The van der Waals surface area contributed by atoms with Crippen molar-refractivity contribution in [3.8, 4) is 6.07 Å². The van der Waals surface area contributed by atoms with Gasteiger partial charge in [0, 0.05) is 0 Å². The van der Waals surface area contributed by atoms with E-state index in [1.54, 1.807) is 0 Å². The van der Waals surface area contributed by atoms with Crippen LogP contribution in [0.1, 0.15) is 12.0 Å². The molecule has 1 aromatic carbocycles. The third-order valence-corrected chi connectivity index (χ3v) is 1.93. The summed E-state index contributed by atoms with van der Waals surface area (Å²) >= 11 is 0. The molecule has 0 saturated heterocycles. The molecular weight excluding hydrogens is 209 g/mol. The summed E-state index contributed by atoms with van der Waals surface area (Å²) in [6, 6.07) is 7.49. The quantitative estimate of drug-likeness (QED) is 0.579. The highest BCUT2D eigenvalue weighted by atomic mass is 19.1. The zero-order valence-corrected chi connectivity index (χ0v) is 8.74. The van der Waals surface area contributed by atoms with Crippen molar-refractivity contribution in [3.05, 3.63) is 41.2 Å². The molecule has 0 fully saturated rings. The van der Waals surface area contributed by atoms with E-state index in [0.29, 0.717) is 5.56 Å². The van der Waals surface area contributed by atoms with Gasteiger partial charge in [-0.3, -0.25) is 0 Å². The Morgan fingerprint density at radius 2 is 2.12 bits per heavy atom. The Hall–Kier alpha value is -2.15. The fourth-order valence-electron chi connectivity index (χ4n) is 1.16. The van der Waals surface area contributed by atoms with Gasteiger partial charge >= 0.3 is 5.97 Å². The van der Waals surface area contributed by atoms with Crippen molar-refractivity contribution in [3.63, 3.8) is 0 Å². The van der Waals surface area contributed by atoms with Crippen molar-refractivity contribution in [2.24, 2.45) is 0 Å². The second-order valence-corrected chi connectivity index (χ2v) is 3.05. The van der Waals surface area contributed by atoms with Gasteiger partial charge in [0.25, 0.3) is 0 Å². The maximum absolute atomic E-state index is 12.6. The van der Waals surface area contributed by atoms with E-state index < -0.39 is 5.97 Å². The number of ether oxygens (including phenoxy) is 1. The lowest BCUT2D eigenvalue weighted by Crippen LogP contribution is -2.03. The molecule has 16 heavy (non-hydrogen) atoms. The number of methoxy groups -OCH3 is 1. The van der Waals surface area contributed by atoms with Crippen molar-refractivity contribution in [1.29, 1.82) is 5.26 Å². The number of benzene rings is 1. The molecule has 0 unspecified atom stereocenters. The van der Waals surface area contributed by atoms with Crippen LogP contribution in [0.25, 0.3) is 6.08 Å². The number of halogens is 1. The maximum atomic E-state index is 12.6. The molecule has 1 aromatic rings. The predicted octanol–water partition coefficient (Wildman–Crippen LogP) is 2.30. The zero-order valence-electron chi connectivity index (χ0n) is 8.74. The van der Waals surface area contributed by atoms with Crippen LogP contribution >= 0.6 is 0 Å². The standard InChI is InChI=1S/C12H10FNO2/c1-16-12(15)10(6-7-14)8-9-2-4-11(13)5-3-9/h2-5,8H,6H2,1H3/b10-8-. The molecule has 0 radical (unpaired) electrons. The van der Waals surface area contributed by atoms with Crippen molar-refractivity contribution < 1.29 is 13.9 Å². The van der Waals surface area contributed by atoms with Crippen LogP contribution in [0.4, 0.5) is 4.39 Å². The van der Waals surface area contributed by atoms with Gasteiger partial charge in [0.05, 0.1) is 25.2 Å². The molecule has 0 amide bonds. The second-order valence-electron chi connectivity index (χ2n) is 3.05. The van der Waals surface area contributed by atoms with E-state index >= 15 is 0 Å². The van der Waals surface area contributed by atoms with E-state index in [0.717, 1.165) is 0 Å². The molecule has 0 bridgehead atoms. The van der Waals surface area contributed by atoms with Gasteiger partial charge < -0.3 is 4.74 Å². The highest BCUT2D eigenvalue weighted by Gasteiger charge is 2.08. The minimum Gasteiger partial charge on any atom is -0.466 e. The number of carbonyl (C=O) groups is 1. The second kappa shape index (κ2) is 5.66. The highest BCUT2D eigenvalue weighted by molar-refractivity contribution is 5.94. The molecular formula is C12H10FNO2. The van der Waals surface area contributed by atoms with Gasteiger partial charge in [-0.2, -0.15) is 5.26 Å². The van der Waals surface area contributed by atoms with Gasteiger partial charge in [-0.05, 0) is 23.8 Å². The van der Waals surface area contributed by atoms with E-state index in [4.69, 9.17) is 5.26 Å². The van der Waals surface area contributed by atoms with Crippen LogP contribution in [0.2, 0.25) is 0 Å². The summed E-state index contributed by atoms with van der Waals surface area (Å²) in [7, 11) is 1.25. The third-order valence-electron chi connectivity index (χ3n) is 1.93. The van der Waals surface area contributed by atoms with Crippen molar-refractivity contribution >= 4 is 12.0 Å². The SMILES string of the molecule is COC(=O)/C(=C\c1ccc(F)cc1)CC#N. The van der Waals surface area contributed by atoms with Crippen LogP contribution in [-0.4, -0.2) is 13.1 Å². The molecule has 0 heterocycles. The number of hydrogen-bond donors (Lipinski definition) is 0. The number of carbonyl (C=O) groups excluding carboxylic acids is 1. The van der Waals surface area contributed by atoms with Crippen molar-refractivity contribution in [2.45, 2.75) is 6.42 Å². The van der Waals surface area contributed by atoms with Gasteiger partial charge in [-0.15, -0.1) is 0 Å². The monoisotopic (exact) mass is 219 g/mol. The number of hydrogen-bond acceptors (Lipinski definition) is 3. The molecule has 0 aliphatic heterocycles. The first-order valence-corrected chi connectivity index (χ1v) is 4.58. The molecule has 0 aliphatic rings. The van der Waals surface area contributed by atoms with Crippen molar-refractivity contribution in [2.75, 3.05) is 7.11 Å². The molecule has 82 valence electrons. The lowest BCUT2D eigenvalue weighted by atomic mass is 10.1. The van der Waals surface area contributed by atoms with Crippen LogP contribution in [0, 0.1) is 17.1 Å². The Morgan fingerprint density at radius 1 is 1.50 bits per heavy atom. The molecule has 0 atom stereocenters. The first-order valence-electron chi connectivity index (χ1n) is 4.58. The Balaban J connectivity index is 2.98. The minimum atomic E-state index is -0.550. The molecule has 1 rings (SSSR count). The van der Waals surface area contributed by atoms with Crippen molar-refractivity contribution in [1.82, 2.24) is 0 Å². The fourth-order valence-corrected chi connectivity index (χ4v) is 1.16. The van der Waals surface area contributed by atoms with Gasteiger partial charge in [0.2, 0.25) is 0 Å². The molecule has 0 saturated carbocycles. The normalized spacial score (nSPS) is 10.7. The summed E-state index contributed by atoms with van der Waals surface area (Å²) in [5.74, 6) is -0.900. The Bertz CT molecular complexity index is 443. The number of nitriles is 1. The van der Waals surface area contributed by atoms with Crippen LogP contribution in [-0.2, 0) is 9.53 Å². The Morgan fingerprint density at radius 3 is 2.62 bits per heavy atom. The lowest BCUT2D eigenvalue weighted by molar-refractivity contribution is -0.136. The van der Waals surface area contributed by atoms with Gasteiger partial charge in [-0.1, -0.05) is 12.1 Å². The first kappa shape index (κ1) is 11.9. The van der Waals surface area contributed by atoms with Crippen LogP contribution in [0.5, 0.6) is 0 Å². The average Bonchev–Trinajstić information content (AvgIpc) is 2.30. The zero-order chi connectivity index (χ0) is 12.0. The topological polar surface area (TPSA) is 50.1 Å². The van der Waals surface area contributed by atoms with E-state index in [9.17, 15) is 9.18 Å². The molecule has 0 N–H and O–H groups in total. The fraction of sp³-hybridized carbons (Fsp3) is 0.167. The van der Waals surface area contributed by atoms with Gasteiger partial charge in [0.15, 0.2) is 0 Å². The van der Waals surface area contributed by atoms with Gasteiger partial charge in [-0.25, -0.2) is 9.18 Å². The molecule has 3 nitrogen and oxygen atoms in total. The van der Waals surface area contributed by atoms with Crippen LogP contribution in [0.15, 0.2) is 29.8 Å². The Labute approximate surface area is 92.8 Å². The van der Waals surface area contributed by atoms with E-state index in [2.05, 4.69) is 4.74 Å². The summed E-state index contributed by atoms with van der Waals surface area (Å²) in [6.45, 7) is 0. The minimum absolute atomic E-state index is 0.0376. The number of rotatable bonds is 3. The summed E-state index contributed by atoms with van der Waals surface area (Å²) in [5, 5.41) is 8.54. The van der Waals surface area contributed by atoms with Crippen LogP contribution < -0.4 is 0 Å². The maximum Gasteiger partial charge on any atom is 0.334 e. The van der Waals surface area contributed by atoms with Crippen LogP contribution in [0.3, 0.4) is 0 Å². The molecule has 4 heteroatoms. The van der Waals surface area contributed by atoms with Gasteiger partial charge in [0.1, 0.15) is 5.82 Å². The number of esters is 1. The van der Waals surface area contributed by atoms with E-state index in [-0.39, 0.29) is 17.8 Å². The highest BCUT2D eigenvalue weighted by Crippen LogP contribution is 2.11. The number of nitrogens with zero attached hydrogens (tertiary/aromatic N) is 1. The summed E-state index contributed by atoms with van der Waals surface area (Å²) in [4.78, 5) is 11.3. The average molecular weight is 219 g/mol. The third kappa shape index (κ3) is 3.21. The summed E-state index contributed by atoms with van der Waals surface area (Å²) < 4.78 is 17.2. The van der Waals surface area contributed by atoms with E-state index in [1.165, 1.54) is 37.5 Å². The summed E-state index contributed by atoms with van der Waals surface area (Å²) in [6.07, 6.45) is 1.47. The largest absolute Gasteiger partial charge is 0.466 e. The molecule has 0 spiro atoms. The summed E-state index contributed by atoms with van der Waals surface area (Å²) in [5.41, 5.74) is 0.897. The molecule has 0 aliphatic carbocycles. The predicted molar refractivity (Wildman–Crippen MR) is 56.6 cm³/mol. The van der Waals surface area contributed by atoms with E-state index in [1.807, 2.05) is 6.07 Å². The molecule has 0 aromatic heterocycles. The smallest absolute Gasteiger partial charge is 0.334 e. The lowest BCUT2D eigenvalue weighted by Gasteiger charge is -2.01. The first-order chi connectivity index (χ1) is 7.67. The Kier molecular flexibility index (Phi) is 4.22.